The lowest BCUT2D eigenvalue weighted by molar-refractivity contribution is -0.118. The van der Waals surface area contributed by atoms with Gasteiger partial charge in [-0.25, -0.2) is 4.79 Å². The van der Waals surface area contributed by atoms with Crippen LogP contribution in [0.3, 0.4) is 0 Å². The molecule has 0 bridgehead atoms. The lowest BCUT2D eigenvalue weighted by Gasteiger charge is -2.44. The molecule has 0 saturated heterocycles. The fourth-order valence-corrected chi connectivity index (χ4v) is 5.52. The van der Waals surface area contributed by atoms with Crippen LogP contribution in [0.15, 0.2) is 99.6 Å². The molecule has 1 atom stereocenters. The second-order valence-corrected chi connectivity index (χ2v) is 10.3. The number of allylic oxidation sites excluding steroid dienone is 2. The van der Waals surface area contributed by atoms with Gasteiger partial charge in [-0.15, -0.1) is 0 Å². The van der Waals surface area contributed by atoms with E-state index in [1.165, 1.54) is 0 Å². The average molecular weight is 492 g/mol. The molecular formula is C30H25N3O4. The van der Waals surface area contributed by atoms with Crippen LogP contribution in [0.5, 0.6) is 0 Å². The summed E-state index contributed by atoms with van der Waals surface area (Å²) in [5.74, 6) is -1.02. The van der Waals surface area contributed by atoms with Crippen LogP contribution >= 0.6 is 0 Å². The van der Waals surface area contributed by atoms with Gasteiger partial charge in [0.25, 0.3) is 5.91 Å². The Labute approximate surface area is 213 Å². The molecule has 6 rings (SSSR count). The molecule has 7 heteroatoms. The Morgan fingerprint density at radius 1 is 0.973 bits per heavy atom. The first kappa shape index (κ1) is 22.9. The number of aromatic nitrogens is 1. The molecule has 4 aromatic rings. The number of hydrogen-bond donors (Lipinski definition) is 1. The Hall–Kier alpha value is -4.52. The van der Waals surface area contributed by atoms with Gasteiger partial charge in [0, 0.05) is 47.0 Å². The first-order valence-electron chi connectivity index (χ1n) is 12.2. The number of rotatable bonds is 3. The maximum Gasteiger partial charge on any atom is 0.342 e. The van der Waals surface area contributed by atoms with E-state index in [2.05, 4.69) is 10.4 Å². The number of pyridine rings is 1. The van der Waals surface area contributed by atoms with Crippen molar-refractivity contribution in [1.82, 2.24) is 10.4 Å². The van der Waals surface area contributed by atoms with E-state index in [1.807, 2.05) is 56.3 Å². The van der Waals surface area contributed by atoms with Crippen molar-refractivity contribution in [1.29, 1.82) is 0 Å². The largest absolute Gasteiger partial charge is 0.422 e. The molecule has 37 heavy (non-hydrogen) atoms. The standard InChI is InChI=1S/C30H25N3O4/c1-30(2)16-21-25(22(34)17-30)24(18-8-4-3-5-9-18)26-27(20-10-6-7-11-23(20)37-29(26)36)33(21)32-28(35)19-12-14-31-15-13-19/h3-15,24H,16-17H2,1-2H3,(H,32,35). The highest BCUT2D eigenvalue weighted by Gasteiger charge is 2.46. The van der Waals surface area contributed by atoms with E-state index in [-0.39, 0.29) is 17.1 Å². The van der Waals surface area contributed by atoms with Gasteiger partial charge in [0.1, 0.15) is 5.58 Å². The van der Waals surface area contributed by atoms with Gasteiger partial charge in [0.15, 0.2) is 5.78 Å². The molecule has 184 valence electrons. The van der Waals surface area contributed by atoms with Crippen molar-refractivity contribution < 1.29 is 14.0 Å². The van der Waals surface area contributed by atoms with Gasteiger partial charge in [-0.3, -0.25) is 25.0 Å². The van der Waals surface area contributed by atoms with Crippen molar-refractivity contribution >= 4 is 28.3 Å². The monoisotopic (exact) mass is 491 g/mol. The van der Waals surface area contributed by atoms with Gasteiger partial charge in [-0.05, 0) is 41.7 Å². The van der Waals surface area contributed by atoms with Crippen molar-refractivity contribution in [3.05, 3.63) is 118 Å². The molecule has 2 aromatic carbocycles. The number of para-hydroxylation sites is 1. The van der Waals surface area contributed by atoms with Crippen molar-refractivity contribution in [2.24, 2.45) is 5.41 Å². The lowest BCUT2D eigenvalue weighted by Crippen LogP contribution is -2.49. The molecule has 0 fully saturated rings. The highest BCUT2D eigenvalue weighted by atomic mass is 16.4. The molecule has 2 aromatic heterocycles. The normalized spacial score (nSPS) is 18.4. The Morgan fingerprint density at radius 2 is 1.68 bits per heavy atom. The lowest BCUT2D eigenvalue weighted by atomic mass is 9.68. The number of benzene rings is 2. The zero-order valence-corrected chi connectivity index (χ0v) is 20.5. The van der Waals surface area contributed by atoms with Crippen LogP contribution in [0, 0.1) is 5.41 Å². The zero-order chi connectivity index (χ0) is 25.7. The van der Waals surface area contributed by atoms with Gasteiger partial charge in [-0.1, -0.05) is 56.3 Å². The predicted molar refractivity (Wildman–Crippen MR) is 140 cm³/mol. The number of carbonyl (C=O) groups is 2. The van der Waals surface area contributed by atoms with Crippen molar-refractivity contribution in [3.63, 3.8) is 0 Å². The molecule has 0 spiro atoms. The summed E-state index contributed by atoms with van der Waals surface area (Å²) in [5.41, 5.74) is 5.90. The van der Waals surface area contributed by atoms with E-state index >= 15 is 0 Å². The number of ketones is 1. The summed E-state index contributed by atoms with van der Waals surface area (Å²) >= 11 is 0. The minimum absolute atomic E-state index is 0.0403. The number of anilines is 1. The molecule has 0 saturated carbocycles. The van der Waals surface area contributed by atoms with Gasteiger partial charge in [0.05, 0.1) is 11.3 Å². The molecule has 0 radical (unpaired) electrons. The molecule has 3 heterocycles. The van der Waals surface area contributed by atoms with Crippen LogP contribution in [0.4, 0.5) is 5.69 Å². The summed E-state index contributed by atoms with van der Waals surface area (Å²) in [6.07, 6.45) is 3.98. The second kappa shape index (κ2) is 8.55. The fourth-order valence-electron chi connectivity index (χ4n) is 5.52. The minimum atomic E-state index is -0.607. The quantitative estimate of drug-likeness (QED) is 0.400. The average Bonchev–Trinajstić information content (AvgIpc) is 2.89. The second-order valence-electron chi connectivity index (χ2n) is 10.3. The van der Waals surface area contributed by atoms with Crippen LogP contribution in [0.1, 0.15) is 54.1 Å². The first-order chi connectivity index (χ1) is 17.8. The van der Waals surface area contributed by atoms with Gasteiger partial charge in [0.2, 0.25) is 0 Å². The summed E-state index contributed by atoms with van der Waals surface area (Å²) in [6.45, 7) is 4.09. The van der Waals surface area contributed by atoms with E-state index < -0.39 is 11.5 Å². The van der Waals surface area contributed by atoms with E-state index in [4.69, 9.17) is 4.42 Å². The maximum atomic E-state index is 13.8. The third kappa shape index (κ3) is 3.83. The number of nitrogens with zero attached hydrogens (tertiary/aromatic N) is 2. The van der Waals surface area contributed by atoms with Crippen LogP contribution in [0.25, 0.3) is 11.0 Å². The summed E-state index contributed by atoms with van der Waals surface area (Å²) in [7, 11) is 0. The van der Waals surface area contributed by atoms with E-state index in [9.17, 15) is 14.4 Å². The van der Waals surface area contributed by atoms with Crippen LogP contribution in [0.2, 0.25) is 0 Å². The van der Waals surface area contributed by atoms with Crippen LogP contribution < -0.4 is 16.1 Å². The van der Waals surface area contributed by atoms with Crippen molar-refractivity contribution in [2.75, 3.05) is 5.01 Å². The molecular weight excluding hydrogens is 466 g/mol. The Kier molecular flexibility index (Phi) is 5.30. The summed E-state index contributed by atoms with van der Waals surface area (Å²) < 4.78 is 5.77. The van der Waals surface area contributed by atoms with E-state index in [0.717, 1.165) is 5.56 Å². The van der Waals surface area contributed by atoms with E-state index in [1.54, 1.807) is 41.7 Å². The molecule has 2 aliphatic rings. The smallest absolute Gasteiger partial charge is 0.342 e. The van der Waals surface area contributed by atoms with Crippen LogP contribution in [-0.4, -0.2) is 16.7 Å². The molecule has 1 aliphatic carbocycles. The number of carbonyl (C=O) groups excluding carboxylic acids is 2. The molecule has 1 aliphatic heterocycles. The Morgan fingerprint density at radius 3 is 2.43 bits per heavy atom. The van der Waals surface area contributed by atoms with Crippen molar-refractivity contribution in [3.8, 4) is 0 Å². The molecule has 1 amide bonds. The summed E-state index contributed by atoms with van der Waals surface area (Å²) in [5, 5.41) is 2.33. The number of amides is 1. The molecule has 1 unspecified atom stereocenters. The zero-order valence-electron chi connectivity index (χ0n) is 20.5. The first-order valence-corrected chi connectivity index (χ1v) is 12.2. The van der Waals surface area contributed by atoms with Gasteiger partial charge in [-0.2, -0.15) is 0 Å². The van der Waals surface area contributed by atoms with Crippen molar-refractivity contribution in [2.45, 2.75) is 32.6 Å². The minimum Gasteiger partial charge on any atom is -0.422 e. The fraction of sp³-hybridized carbons (Fsp3) is 0.200. The Bertz CT molecular complexity index is 1640. The highest BCUT2D eigenvalue weighted by molar-refractivity contribution is 6.06. The van der Waals surface area contributed by atoms with E-state index in [0.29, 0.717) is 51.9 Å². The van der Waals surface area contributed by atoms with Crippen LogP contribution in [-0.2, 0) is 4.79 Å². The summed E-state index contributed by atoms with van der Waals surface area (Å²) in [6, 6.07) is 20.0. The predicted octanol–water partition coefficient (Wildman–Crippen LogP) is 5.13. The molecule has 7 nitrogen and oxygen atoms in total. The number of hydrogen-bond acceptors (Lipinski definition) is 6. The third-order valence-corrected chi connectivity index (χ3v) is 7.08. The Balaban J connectivity index is 1.67. The maximum absolute atomic E-state index is 13.8. The highest BCUT2D eigenvalue weighted by Crippen LogP contribution is 2.51. The number of fused-ring (bicyclic) bond motifs is 3. The van der Waals surface area contributed by atoms with Gasteiger partial charge < -0.3 is 4.42 Å². The SMILES string of the molecule is CC1(C)CC(=O)C2=C(C1)N(NC(=O)c1ccncc1)c1c(c(=O)oc3ccccc13)C2c1ccccc1. The number of nitrogens with one attached hydrogen (secondary N) is 1. The summed E-state index contributed by atoms with van der Waals surface area (Å²) in [4.78, 5) is 44.8. The number of Topliss-reactive ketones (excluding diaryl/α,β-unsaturated/α-hetero) is 1. The third-order valence-electron chi connectivity index (χ3n) is 7.08. The van der Waals surface area contributed by atoms with Gasteiger partial charge >= 0.3 is 5.63 Å². The topological polar surface area (TPSA) is 92.5 Å². The number of hydrazine groups is 1. The molecule has 1 N–H and O–H groups in total.